The molecule has 0 radical (unpaired) electrons. The standard InChI is InChI=1S/C11H12BrCl/c1-9-5-6-10(8-11(9)12)4-2-3-7-13/h2-3,5-6,8H,4,7H2,1H3/b3-2+. The van der Waals surface area contributed by atoms with Crippen molar-refractivity contribution in [1.82, 2.24) is 0 Å². The Morgan fingerprint density at radius 1 is 1.38 bits per heavy atom. The zero-order valence-electron chi connectivity index (χ0n) is 7.56. The second-order valence-electron chi connectivity index (χ2n) is 2.91. The molecule has 0 atom stereocenters. The summed E-state index contributed by atoms with van der Waals surface area (Å²) in [7, 11) is 0. The fraction of sp³-hybridized carbons (Fsp3) is 0.273. The topological polar surface area (TPSA) is 0 Å². The van der Waals surface area contributed by atoms with Crippen LogP contribution in [0.15, 0.2) is 34.8 Å². The van der Waals surface area contributed by atoms with Gasteiger partial charge in [0.25, 0.3) is 0 Å². The molecule has 13 heavy (non-hydrogen) atoms. The average Bonchev–Trinajstić information content (AvgIpc) is 2.12. The van der Waals surface area contributed by atoms with E-state index in [2.05, 4.69) is 47.1 Å². The Balaban J connectivity index is 2.68. The number of allylic oxidation sites excluding steroid dienone is 2. The number of benzene rings is 1. The zero-order chi connectivity index (χ0) is 9.68. The summed E-state index contributed by atoms with van der Waals surface area (Å²) >= 11 is 9.03. The molecule has 0 aromatic heterocycles. The van der Waals surface area contributed by atoms with Crippen LogP contribution in [0.4, 0.5) is 0 Å². The number of hydrogen-bond acceptors (Lipinski definition) is 0. The van der Waals surface area contributed by atoms with Gasteiger partial charge in [0.15, 0.2) is 0 Å². The molecule has 1 rings (SSSR count). The Bertz CT molecular complexity index is 305. The minimum atomic E-state index is 0.590. The summed E-state index contributed by atoms with van der Waals surface area (Å²) in [5.74, 6) is 0.590. The highest BCUT2D eigenvalue weighted by Gasteiger charge is 1.95. The van der Waals surface area contributed by atoms with Gasteiger partial charge in [-0.25, -0.2) is 0 Å². The third kappa shape index (κ3) is 3.53. The molecule has 2 heteroatoms. The zero-order valence-corrected chi connectivity index (χ0v) is 9.90. The molecule has 0 heterocycles. The van der Waals surface area contributed by atoms with Gasteiger partial charge >= 0.3 is 0 Å². The molecule has 1 aromatic rings. The lowest BCUT2D eigenvalue weighted by Gasteiger charge is -2.00. The summed E-state index contributed by atoms with van der Waals surface area (Å²) < 4.78 is 1.17. The van der Waals surface area contributed by atoms with E-state index in [1.807, 2.05) is 6.08 Å². The van der Waals surface area contributed by atoms with Crippen molar-refractivity contribution in [2.75, 3.05) is 5.88 Å². The molecule has 0 nitrogen and oxygen atoms in total. The second kappa shape index (κ2) is 5.46. The predicted molar refractivity (Wildman–Crippen MR) is 62.4 cm³/mol. The quantitative estimate of drug-likeness (QED) is 0.566. The predicted octanol–water partition coefficient (Wildman–Crippen LogP) is 4.10. The first-order valence-electron chi connectivity index (χ1n) is 4.20. The summed E-state index contributed by atoms with van der Waals surface area (Å²) in [6, 6.07) is 6.40. The van der Waals surface area contributed by atoms with Gasteiger partial charge in [0.05, 0.1) is 0 Å². The number of rotatable bonds is 3. The molecule has 0 aliphatic rings. The van der Waals surface area contributed by atoms with Crippen LogP contribution < -0.4 is 0 Å². The summed E-state index contributed by atoms with van der Waals surface area (Å²) in [5.41, 5.74) is 2.57. The molecule has 0 spiro atoms. The van der Waals surface area contributed by atoms with E-state index in [1.165, 1.54) is 15.6 Å². The summed E-state index contributed by atoms with van der Waals surface area (Å²) in [4.78, 5) is 0. The maximum absolute atomic E-state index is 5.53. The highest BCUT2D eigenvalue weighted by atomic mass is 79.9. The van der Waals surface area contributed by atoms with Gasteiger partial charge in [-0.15, -0.1) is 11.6 Å². The molecule has 0 unspecified atom stereocenters. The Morgan fingerprint density at radius 2 is 2.15 bits per heavy atom. The van der Waals surface area contributed by atoms with E-state index in [-0.39, 0.29) is 0 Å². The molecule has 0 amide bonds. The maximum Gasteiger partial charge on any atom is 0.0404 e. The fourth-order valence-electron chi connectivity index (χ4n) is 1.05. The molecule has 0 N–H and O–H groups in total. The fourth-order valence-corrected chi connectivity index (χ4v) is 1.60. The van der Waals surface area contributed by atoms with Crippen molar-refractivity contribution in [2.45, 2.75) is 13.3 Å². The van der Waals surface area contributed by atoms with E-state index >= 15 is 0 Å². The minimum Gasteiger partial charge on any atom is -0.122 e. The molecular formula is C11H12BrCl. The van der Waals surface area contributed by atoms with Gasteiger partial charge in [0.2, 0.25) is 0 Å². The normalized spacial score (nSPS) is 11.0. The Morgan fingerprint density at radius 3 is 2.77 bits per heavy atom. The lowest BCUT2D eigenvalue weighted by molar-refractivity contribution is 1.24. The van der Waals surface area contributed by atoms with Gasteiger partial charge in [-0.05, 0) is 30.5 Å². The Labute approximate surface area is 92.7 Å². The summed E-state index contributed by atoms with van der Waals surface area (Å²) in [5, 5.41) is 0. The van der Waals surface area contributed by atoms with Crippen molar-refractivity contribution in [3.8, 4) is 0 Å². The van der Waals surface area contributed by atoms with Gasteiger partial charge in [-0.1, -0.05) is 40.2 Å². The number of halogens is 2. The van der Waals surface area contributed by atoms with E-state index in [4.69, 9.17) is 11.6 Å². The van der Waals surface area contributed by atoms with Crippen LogP contribution >= 0.6 is 27.5 Å². The molecule has 0 saturated carbocycles. The Kier molecular flexibility index (Phi) is 4.54. The third-order valence-corrected chi connectivity index (χ3v) is 2.88. The van der Waals surface area contributed by atoms with E-state index < -0.39 is 0 Å². The van der Waals surface area contributed by atoms with Crippen LogP contribution in [-0.4, -0.2) is 5.88 Å². The van der Waals surface area contributed by atoms with Gasteiger partial charge in [-0.2, -0.15) is 0 Å². The SMILES string of the molecule is Cc1ccc(C/C=C/CCl)cc1Br. The molecule has 0 bridgehead atoms. The summed E-state index contributed by atoms with van der Waals surface area (Å²) in [6.45, 7) is 2.09. The minimum absolute atomic E-state index is 0.590. The van der Waals surface area contributed by atoms with E-state index in [0.717, 1.165) is 6.42 Å². The first-order chi connectivity index (χ1) is 6.24. The van der Waals surface area contributed by atoms with E-state index in [9.17, 15) is 0 Å². The van der Waals surface area contributed by atoms with Crippen molar-refractivity contribution in [2.24, 2.45) is 0 Å². The second-order valence-corrected chi connectivity index (χ2v) is 4.08. The highest BCUT2D eigenvalue weighted by Crippen LogP contribution is 2.17. The van der Waals surface area contributed by atoms with Crippen LogP contribution in [0.3, 0.4) is 0 Å². The maximum atomic E-state index is 5.53. The first-order valence-corrected chi connectivity index (χ1v) is 5.53. The summed E-state index contributed by atoms with van der Waals surface area (Å²) in [6.07, 6.45) is 5.00. The average molecular weight is 260 g/mol. The largest absolute Gasteiger partial charge is 0.122 e. The number of aryl methyl sites for hydroxylation is 1. The van der Waals surface area contributed by atoms with Gasteiger partial charge in [0, 0.05) is 10.4 Å². The lowest BCUT2D eigenvalue weighted by Crippen LogP contribution is -1.83. The van der Waals surface area contributed by atoms with Crippen LogP contribution in [-0.2, 0) is 6.42 Å². The van der Waals surface area contributed by atoms with Crippen molar-refractivity contribution < 1.29 is 0 Å². The molecule has 0 saturated heterocycles. The number of hydrogen-bond donors (Lipinski definition) is 0. The molecule has 0 aliphatic carbocycles. The van der Waals surface area contributed by atoms with Gasteiger partial charge in [-0.3, -0.25) is 0 Å². The lowest BCUT2D eigenvalue weighted by atomic mass is 10.1. The van der Waals surface area contributed by atoms with Gasteiger partial charge < -0.3 is 0 Å². The van der Waals surface area contributed by atoms with Crippen LogP contribution in [0, 0.1) is 6.92 Å². The molecular weight excluding hydrogens is 247 g/mol. The molecule has 0 aliphatic heterocycles. The van der Waals surface area contributed by atoms with Crippen LogP contribution in [0.5, 0.6) is 0 Å². The molecule has 0 fully saturated rings. The van der Waals surface area contributed by atoms with Crippen molar-refractivity contribution in [1.29, 1.82) is 0 Å². The smallest absolute Gasteiger partial charge is 0.0404 e. The monoisotopic (exact) mass is 258 g/mol. The van der Waals surface area contributed by atoms with E-state index in [1.54, 1.807) is 0 Å². The van der Waals surface area contributed by atoms with Crippen LogP contribution in [0.2, 0.25) is 0 Å². The van der Waals surface area contributed by atoms with Crippen molar-refractivity contribution >= 4 is 27.5 Å². The van der Waals surface area contributed by atoms with E-state index in [0.29, 0.717) is 5.88 Å². The van der Waals surface area contributed by atoms with Crippen molar-refractivity contribution in [3.05, 3.63) is 46.0 Å². The first kappa shape index (κ1) is 10.8. The van der Waals surface area contributed by atoms with Gasteiger partial charge in [0.1, 0.15) is 0 Å². The van der Waals surface area contributed by atoms with Crippen LogP contribution in [0.1, 0.15) is 11.1 Å². The molecule has 70 valence electrons. The number of alkyl halides is 1. The van der Waals surface area contributed by atoms with Crippen molar-refractivity contribution in [3.63, 3.8) is 0 Å². The third-order valence-electron chi connectivity index (χ3n) is 1.85. The molecule has 1 aromatic carbocycles. The Hall–Kier alpha value is -0.270. The van der Waals surface area contributed by atoms with Crippen LogP contribution in [0.25, 0.3) is 0 Å². The highest BCUT2D eigenvalue weighted by molar-refractivity contribution is 9.10.